The smallest absolute Gasteiger partial charge is 0.110 e. The molecule has 0 aromatic carbocycles. The van der Waals surface area contributed by atoms with Gasteiger partial charge in [-0.1, -0.05) is 20.3 Å². The van der Waals surface area contributed by atoms with E-state index >= 15 is 0 Å². The Morgan fingerprint density at radius 1 is 1.69 bits per heavy atom. The summed E-state index contributed by atoms with van der Waals surface area (Å²) >= 11 is 0. The van der Waals surface area contributed by atoms with Crippen LogP contribution in [-0.4, -0.2) is 12.6 Å². The van der Waals surface area contributed by atoms with E-state index in [1.807, 2.05) is 0 Å². The molecule has 0 aromatic heterocycles. The fourth-order valence-corrected chi connectivity index (χ4v) is 1.56. The van der Waals surface area contributed by atoms with Gasteiger partial charge in [0.05, 0.1) is 12.6 Å². The summed E-state index contributed by atoms with van der Waals surface area (Å²) in [7, 11) is 0. The van der Waals surface area contributed by atoms with E-state index in [1.165, 1.54) is 0 Å². The lowest BCUT2D eigenvalue weighted by molar-refractivity contribution is 0.152. The zero-order valence-corrected chi connectivity index (χ0v) is 8.55. The first-order valence-corrected chi connectivity index (χ1v) is 5.08. The second-order valence-electron chi connectivity index (χ2n) is 3.63. The van der Waals surface area contributed by atoms with Crippen molar-refractivity contribution < 1.29 is 4.74 Å². The van der Waals surface area contributed by atoms with Crippen molar-refractivity contribution in [3.8, 4) is 0 Å². The topological polar surface area (TPSA) is 47.3 Å². The molecule has 0 radical (unpaired) electrons. The number of hydrogen-bond donors (Lipinski definition) is 2. The Morgan fingerprint density at radius 2 is 2.46 bits per heavy atom. The maximum Gasteiger partial charge on any atom is 0.110 e. The summed E-state index contributed by atoms with van der Waals surface area (Å²) < 4.78 is 5.57. The average Bonchev–Trinajstić information content (AvgIpc) is 2.20. The van der Waals surface area contributed by atoms with Crippen LogP contribution in [0.3, 0.4) is 0 Å². The number of hydrogen-bond acceptors (Lipinski definition) is 3. The fourth-order valence-electron chi connectivity index (χ4n) is 1.56. The van der Waals surface area contributed by atoms with Gasteiger partial charge < -0.3 is 4.74 Å². The van der Waals surface area contributed by atoms with Crippen molar-refractivity contribution in [1.82, 2.24) is 5.43 Å². The number of nitrogens with two attached hydrogens (primary N) is 1. The first kappa shape index (κ1) is 10.5. The van der Waals surface area contributed by atoms with Gasteiger partial charge in [0.15, 0.2) is 0 Å². The summed E-state index contributed by atoms with van der Waals surface area (Å²) in [5.74, 6) is 7.06. The Hall–Kier alpha value is -0.540. The van der Waals surface area contributed by atoms with Gasteiger partial charge in [-0.25, -0.2) is 5.43 Å². The third kappa shape index (κ3) is 2.71. The van der Waals surface area contributed by atoms with Crippen molar-refractivity contribution in [2.24, 2.45) is 11.8 Å². The minimum absolute atomic E-state index is 0.185. The Labute approximate surface area is 80.3 Å². The molecule has 2 atom stereocenters. The highest BCUT2D eigenvalue weighted by atomic mass is 16.5. The van der Waals surface area contributed by atoms with Crippen molar-refractivity contribution in [3.05, 3.63) is 11.8 Å². The van der Waals surface area contributed by atoms with Crippen LogP contribution in [0.2, 0.25) is 0 Å². The number of rotatable bonds is 4. The third-order valence-corrected chi connectivity index (χ3v) is 2.66. The molecule has 0 bridgehead atoms. The van der Waals surface area contributed by atoms with Gasteiger partial charge in [-0.3, -0.25) is 5.84 Å². The minimum atomic E-state index is 0.185. The lowest BCUT2D eigenvalue weighted by Crippen LogP contribution is -2.42. The highest BCUT2D eigenvalue weighted by molar-refractivity contribution is 5.06. The first-order chi connectivity index (χ1) is 6.29. The fraction of sp³-hybridized carbons (Fsp3) is 0.800. The Bertz CT molecular complexity index is 180. The first-order valence-electron chi connectivity index (χ1n) is 5.08. The summed E-state index contributed by atoms with van der Waals surface area (Å²) in [5, 5.41) is 0. The van der Waals surface area contributed by atoms with Crippen LogP contribution in [0.25, 0.3) is 0 Å². The van der Waals surface area contributed by atoms with Crippen LogP contribution in [0, 0.1) is 5.92 Å². The van der Waals surface area contributed by atoms with Crippen LogP contribution in [0.15, 0.2) is 11.8 Å². The summed E-state index contributed by atoms with van der Waals surface area (Å²) in [6.07, 6.45) is 5.50. The summed E-state index contributed by atoms with van der Waals surface area (Å²) in [5.41, 5.74) is 2.83. The number of hydrazine groups is 1. The molecule has 1 heterocycles. The zero-order chi connectivity index (χ0) is 9.68. The molecule has 13 heavy (non-hydrogen) atoms. The third-order valence-electron chi connectivity index (χ3n) is 2.66. The van der Waals surface area contributed by atoms with E-state index in [2.05, 4.69) is 25.3 Å². The van der Waals surface area contributed by atoms with E-state index in [0.717, 1.165) is 31.6 Å². The lowest BCUT2D eigenvalue weighted by atomic mass is 9.96. The van der Waals surface area contributed by atoms with E-state index in [1.54, 1.807) is 0 Å². The zero-order valence-electron chi connectivity index (χ0n) is 8.55. The van der Waals surface area contributed by atoms with Gasteiger partial charge in [-0.05, 0) is 24.8 Å². The van der Waals surface area contributed by atoms with Crippen molar-refractivity contribution in [2.75, 3.05) is 6.61 Å². The molecule has 0 aromatic rings. The largest absolute Gasteiger partial charge is 0.497 e. The van der Waals surface area contributed by atoms with Gasteiger partial charge in [-0.2, -0.15) is 0 Å². The molecule has 1 aliphatic rings. The SMILES string of the molecule is CCC(C)C(NN)C1=CCCCO1. The van der Waals surface area contributed by atoms with Crippen molar-refractivity contribution in [1.29, 1.82) is 0 Å². The maximum atomic E-state index is 5.57. The Kier molecular flexibility index (Phi) is 4.25. The molecule has 1 rings (SSSR count). The van der Waals surface area contributed by atoms with Gasteiger partial charge >= 0.3 is 0 Å². The number of ether oxygens (including phenoxy) is 1. The van der Waals surface area contributed by atoms with Crippen LogP contribution in [0.1, 0.15) is 33.1 Å². The summed E-state index contributed by atoms with van der Waals surface area (Å²) in [4.78, 5) is 0. The molecule has 0 saturated carbocycles. The van der Waals surface area contributed by atoms with Crippen molar-refractivity contribution >= 4 is 0 Å². The molecule has 3 nitrogen and oxygen atoms in total. The van der Waals surface area contributed by atoms with Gasteiger partial charge in [0.2, 0.25) is 0 Å². The van der Waals surface area contributed by atoms with E-state index in [4.69, 9.17) is 10.6 Å². The lowest BCUT2D eigenvalue weighted by Gasteiger charge is -2.27. The Balaban J connectivity index is 2.58. The highest BCUT2D eigenvalue weighted by Gasteiger charge is 2.21. The second-order valence-corrected chi connectivity index (χ2v) is 3.63. The summed E-state index contributed by atoms with van der Waals surface area (Å²) in [6.45, 7) is 5.18. The number of allylic oxidation sites excluding steroid dienone is 1. The molecule has 0 aliphatic carbocycles. The van der Waals surface area contributed by atoms with E-state index in [-0.39, 0.29) is 6.04 Å². The van der Waals surface area contributed by atoms with Crippen molar-refractivity contribution in [3.63, 3.8) is 0 Å². The van der Waals surface area contributed by atoms with E-state index < -0.39 is 0 Å². The van der Waals surface area contributed by atoms with Gasteiger partial charge in [-0.15, -0.1) is 0 Å². The van der Waals surface area contributed by atoms with Crippen molar-refractivity contribution in [2.45, 2.75) is 39.2 Å². The molecule has 1 aliphatic heterocycles. The second kappa shape index (κ2) is 5.25. The summed E-state index contributed by atoms with van der Waals surface area (Å²) in [6, 6.07) is 0.185. The van der Waals surface area contributed by atoms with E-state index in [0.29, 0.717) is 5.92 Å². The quantitative estimate of drug-likeness (QED) is 0.515. The van der Waals surface area contributed by atoms with Gasteiger partial charge in [0.25, 0.3) is 0 Å². The molecule has 0 fully saturated rings. The van der Waals surface area contributed by atoms with Gasteiger partial charge in [0, 0.05) is 0 Å². The van der Waals surface area contributed by atoms with E-state index in [9.17, 15) is 0 Å². The number of nitrogens with one attached hydrogen (secondary N) is 1. The molecule has 0 spiro atoms. The molecule has 3 N–H and O–H groups in total. The molecule has 0 amide bonds. The molecule has 76 valence electrons. The Morgan fingerprint density at radius 3 is 2.92 bits per heavy atom. The molecule has 2 unspecified atom stereocenters. The highest BCUT2D eigenvalue weighted by Crippen LogP contribution is 2.20. The predicted octanol–water partition coefficient (Wildman–Crippen LogP) is 1.56. The predicted molar refractivity (Wildman–Crippen MR) is 53.8 cm³/mol. The normalized spacial score (nSPS) is 21.6. The maximum absolute atomic E-state index is 5.57. The molecular weight excluding hydrogens is 164 g/mol. The van der Waals surface area contributed by atoms with Crippen LogP contribution >= 0.6 is 0 Å². The molecule has 0 saturated heterocycles. The monoisotopic (exact) mass is 184 g/mol. The molecular formula is C10H20N2O. The van der Waals surface area contributed by atoms with Crippen LogP contribution < -0.4 is 11.3 Å². The van der Waals surface area contributed by atoms with Crippen LogP contribution in [0.5, 0.6) is 0 Å². The average molecular weight is 184 g/mol. The standard InChI is InChI=1S/C10H20N2O/c1-3-8(2)10(12-11)9-6-4-5-7-13-9/h6,8,10,12H,3-5,7,11H2,1-2H3. The van der Waals surface area contributed by atoms with Crippen LogP contribution in [-0.2, 0) is 4.74 Å². The van der Waals surface area contributed by atoms with Gasteiger partial charge in [0.1, 0.15) is 5.76 Å². The van der Waals surface area contributed by atoms with Crippen LogP contribution in [0.4, 0.5) is 0 Å². The molecule has 3 heteroatoms. The minimum Gasteiger partial charge on any atom is -0.497 e.